The largest absolute Gasteiger partial charge is 0.340 e. The molecule has 0 spiro atoms. The zero-order chi connectivity index (χ0) is 16.0. The maximum atomic E-state index is 13.1. The molecule has 1 unspecified atom stereocenters. The molecule has 2 saturated carbocycles. The van der Waals surface area contributed by atoms with Crippen molar-refractivity contribution in [3.63, 3.8) is 0 Å². The van der Waals surface area contributed by atoms with E-state index in [4.69, 9.17) is 0 Å². The number of hydrogen-bond acceptors (Lipinski definition) is 3. The zero-order valence-corrected chi connectivity index (χ0v) is 13.0. The van der Waals surface area contributed by atoms with E-state index in [1.54, 1.807) is 4.90 Å². The number of hydrogen-bond donors (Lipinski definition) is 1. The van der Waals surface area contributed by atoms with E-state index >= 15 is 0 Å². The molecule has 3 amide bonds. The third-order valence-corrected chi connectivity index (χ3v) is 5.17. The van der Waals surface area contributed by atoms with E-state index in [-0.39, 0.29) is 30.2 Å². The fourth-order valence-corrected chi connectivity index (χ4v) is 3.89. The SMILES string of the molecule is O=C1CC(N(C(=O)c2cccn2C2CCCC2)C2CC2)C(=O)N1. The van der Waals surface area contributed by atoms with Gasteiger partial charge in [-0.05, 0) is 37.8 Å². The monoisotopic (exact) mass is 315 g/mol. The molecule has 1 atom stereocenters. The molecule has 4 rings (SSSR count). The highest BCUT2D eigenvalue weighted by molar-refractivity contribution is 6.08. The second kappa shape index (κ2) is 5.51. The molecule has 23 heavy (non-hydrogen) atoms. The molecule has 2 aliphatic carbocycles. The zero-order valence-electron chi connectivity index (χ0n) is 13.0. The van der Waals surface area contributed by atoms with Gasteiger partial charge in [-0.3, -0.25) is 19.7 Å². The van der Waals surface area contributed by atoms with Crippen molar-refractivity contribution in [2.45, 2.75) is 63.1 Å². The van der Waals surface area contributed by atoms with Crippen LogP contribution in [0.4, 0.5) is 0 Å². The van der Waals surface area contributed by atoms with E-state index in [2.05, 4.69) is 9.88 Å². The first-order chi connectivity index (χ1) is 11.1. The predicted molar refractivity (Wildman–Crippen MR) is 82.7 cm³/mol. The maximum Gasteiger partial charge on any atom is 0.271 e. The number of carbonyl (C=O) groups is 3. The average molecular weight is 315 g/mol. The molecule has 1 aromatic heterocycles. The van der Waals surface area contributed by atoms with E-state index in [0.29, 0.717) is 11.7 Å². The normalized spacial score (nSPS) is 25.0. The molecule has 3 aliphatic rings. The average Bonchev–Trinajstić information content (AvgIpc) is 2.94. The molecule has 1 aromatic rings. The predicted octanol–water partition coefficient (Wildman–Crippen LogP) is 1.62. The molecule has 1 saturated heterocycles. The number of aromatic nitrogens is 1. The second-order valence-corrected chi connectivity index (χ2v) is 6.81. The highest BCUT2D eigenvalue weighted by atomic mass is 16.2. The number of nitrogens with zero attached hydrogens (tertiary/aromatic N) is 2. The minimum Gasteiger partial charge on any atom is -0.340 e. The van der Waals surface area contributed by atoms with Crippen LogP contribution in [-0.4, -0.2) is 39.3 Å². The van der Waals surface area contributed by atoms with Crippen LogP contribution in [0.1, 0.15) is 61.5 Å². The standard InChI is InChI=1S/C17H21N3O3/c21-15-10-14(16(22)18-15)20(12-7-8-12)17(23)13-6-3-9-19(13)11-4-1-2-5-11/h3,6,9,11-12,14H,1-2,4-5,7-8,10H2,(H,18,21,22). The molecule has 0 radical (unpaired) electrons. The van der Waals surface area contributed by atoms with Crippen LogP contribution in [0.2, 0.25) is 0 Å². The van der Waals surface area contributed by atoms with Gasteiger partial charge < -0.3 is 9.47 Å². The molecular weight excluding hydrogens is 294 g/mol. The van der Waals surface area contributed by atoms with E-state index in [0.717, 1.165) is 25.7 Å². The van der Waals surface area contributed by atoms with Crippen LogP contribution in [0.15, 0.2) is 18.3 Å². The molecule has 122 valence electrons. The number of nitrogens with one attached hydrogen (secondary N) is 1. The van der Waals surface area contributed by atoms with E-state index in [1.165, 1.54) is 12.8 Å². The minimum absolute atomic E-state index is 0.0885. The summed E-state index contributed by atoms with van der Waals surface area (Å²) in [5, 5.41) is 2.32. The topological polar surface area (TPSA) is 71.4 Å². The van der Waals surface area contributed by atoms with Gasteiger partial charge in [-0.1, -0.05) is 12.8 Å². The summed E-state index contributed by atoms with van der Waals surface area (Å²) in [4.78, 5) is 38.3. The van der Waals surface area contributed by atoms with Crippen molar-refractivity contribution in [3.05, 3.63) is 24.0 Å². The Morgan fingerprint density at radius 1 is 1.17 bits per heavy atom. The van der Waals surface area contributed by atoms with Gasteiger partial charge in [0.15, 0.2) is 0 Å². The Kier molecular flexibility index (Phi) is 3.47. The van der Waals surface area contributed by atoms with Crippen molar-refractivity contribution in [2.24, 2.45) is 0 Å². The lowest BCUT2D eigenvalue weighted by molar-refractivity contribution is -0.126. The number of amides is 3. The summed E-state index contributed by atoms with van der Waals surface area (Å²) in [6.07, 6.45) is 8.47. The van der Waals surface area contributed by atoms with Crippen molar-refractivity contribution in [2.75, 3.05) is 0 Å². The van der Waals surface area contributed by atoms with E-state index < -0.39 is 6.04 Å². The molecule has 1 N–H and O–H groups in total. The lowest BCUT2D eigenvalue weighted by Crippen LogP contribution is -2.46. The van der Waals surface area contributed by atoms with Gasteiger partial charge in [0.05, 0.1) is 6.42 Å². The van der Waals surface area contributed by atoms with Crippen LogP contribution >= 0.6 is 0 Å². The highest BCUT2D eigenvalue weighted by Gasteiger charge is 2.45. The first-order valence-corrected chi connectivity index (χ1v) is 8.48. The summed E-state index contributed by atoms with van der Waals surface area (Å²) in [6, 6.07) is 3.57. The smallest absolute Gasteiger partial charge is 0.271 e. The van der Waals surface area contributed by atoms with Gasteiger partial charge in [0.2, 0.25) is 11.8 Å². The van der Waals surface area contributed by atoms with Crippen molar-refractivity contribution in [1.82, 2.24) is 14.8 Å². The molecule has 0 bridgehead atoms. The number of rotatable bonds is 4. The van der Waals surface area contributed by atoms with Crippen LogP contribution in [0.5, 0.6) is 0 Å². The third kappa shape index (κ3) is 2.56. The molecule has 1 aliphatic heterocycles. The molecule has 0 aromatic carbocycles. The lowest BCUT2D eigenvalue weighted by atomic mass is 10.1. The Bertz CT molecular complexity index is 656. The molecule has 2 heterocycles. The lowest BCUT2D eigenvalue weighted by Gasteiger charge is -2.28. The minimum atomic E-state index is -0.644. The number of imide groups is 1. The Morgan fingerprint density at radius 3 is 2.52 bits per heavy atom. The Balaban J connectivity index is 1.62. The third-order valence-electron chi connectivity index (χ3n) is 5.17. The van der Waals surface area contributed by atoms with Crippen molar-refractivity contribution >= 4 is 17.7 Å². The van der Waals surface area contributed by atoms with Gasteiger partial charge in [0.1, 0.15) is 11.7 Å². The summed E-state index contributed by atoms with van der Waals surface area (Å²) in [5.41, 5.74) is 0.649. The van der Waals surface area contributed by atoms with Crippen LogP contribution in [0.3, 0.4) is 0 Å². The van der Waals surface area contributed by atoms with Crippen LogP contribution in [0, 0.1) is 0 Å². The van der Waals surface area contributed by atoms with Crippen LogP contribution in [0.25, 0.3) is 0 Å². The fraction of sp³-hybridized carbons (Fsp3) is 0.588. The van der Waals surface area contributed by atoms with Crippen molar-refractivity contribution < 1.29 is 14.4 Å². The number of carbonyl (C=O) groups excluding carboxylic acids is 3. The van der Waals surface area contributed by atoms with Gasteiger partial charge in [0, 0.05) is 18.3 Å². The van der Waals surface area contributed by atoms with E-state index in [9.17, 15) is 14.4 Å². The Morgan fingerprint density at radius 2 is 1.91 bits per heavy atom. The summed E-state index contributed by atoms with van der Waals surface area (Å²) in [5.74, 6) is -0.738. The first-order valence-electron chi connectivity index (χ1n) is 8.48. The summed E-state index contributed by atoms with van der Waals surface area (Å²) in [6.45, 7) is 0. The second-order valence-electron chi connectivity index (χ2n) is 6.81. The van der Waals surface area contributed by atoms with Crippen LogP contribution < -0.4 is 5.32 Å². The fourth-order valence-electron chi connectivity index (χ4n) is 3.89. The van der Waals surface area contributed by atoms with Crippen LogP contribution in [-0.2, 0) is 9.59 Å². The van der Waals surface area contributed by atoms with Gasteiger partial charge in [-0.25, -0.2) is 0 Å². The maximum absolute atomic E-state index is 13.1. The van der Waals surface area contributed by atoms with Gasteiger partial charge in [-0.15, -0.1) is 0 Å². The van der Waals surface area contributed by atoms with Gasteiger partial charge in [0.25, 0.3) is 5.91 Å². The van der Waals surface area contributed by atoms with Gasteiger partial charge >= 0.3 is 0 Å². The first kappa shape index (κ1) is 14.5. The Labute approximate surface area is 134 Å². The van der Waals surface area contributed by atoms with Gasteiger partial charge in [-0.2, -0.15) is 0 Å². The molecule has 6 nitrogen and oxygen atoms in total. The van der Waals surface area contributed by atoms with Crippen molar-refractivity contribution in [1.29, 1.82) is 0 Å². The summed E-state index contributed by atoms with van der Waals surface area (Å²) in [7, 11) is 0. The molecule has 6 heteroatoms. The summed E-state index contributed by atoms with van der Waals surface area (Å²) < 4.78 is 2.07. The van der Waals surface area contributed by atoms with Crippen molar-refractivity contribution in [3.8, 4) is 0 Å². The summed E-state index contributed by atoms with van der Waals surface area (Å²) >= 11 is 0. The molecular formula is C17H21N3O3. The Hall–Kier alpha value is -2.11. The quantitative estimate of drug-likeness (QED) is 0.858. The molecule has 3 fully saturated rings. The van der Waals surface area contributed by atoms with E-state index in [1.807, 2.05) is 18.3 Å². The highest BCUT2D eigenvalue weighted by Crippen LogP contribution is 2.35.